The summed E-state index contributed by atoms with van der Waals surface area (Å²) in [5, 5.41) is 11.9. The molecule has 5 heteroatoms. The largest absolute Gasteiger partial charge is 0.395 e. The number of methoxy groups -OCH3 is 2. The predicted octanol–water partition coefficient (Wildman–Crippen LogP) is -0.705. The molecule has 0 rings (SSSR count). The molecule has 5 nitrogen and oxygen atoms in total. The van der Waals surface area contributed by atoms with E-state index in [-0.39, 0.29) is 18.4 Å². The van der Waals surface area contributed by atoms with E-state index in [1.165, 1.54) is 0 Å². The van der Waals surface area contributed by atoms with E-state index in [2.05, 4.69) is 5.32 Å². The second-order valence-corrected chi connectivity index (χ2v) is 3.52. The van der Waals surface area contributed by atoms with Crippen LogP contribution in [0.3, 0.4) is 0 Å². The lowest BCUT2D eigenvalue weighted by atomic mass is 9.97. The van der Waals surface area contributed by atoms with Crippen molar-refractivity contribution in [2.24, 2.45) is 5.73 Å². The third-order valence-electron chi connectivity index (χ3n) is 2.26. The monoisotopic (exact) mass is 206 g/mol. The molecule has 0 aromatic rings. The van der Waals surface area contributed by atoms with Gasteiger partial charge in [-0.1, -0.05) is 0 Å². The molecule has 0 aromatic carbocycles. The van der Waals surface area contributed by atoms with Crippen molar-refractivity contribution in [2.45, 2.75) is 25.2 Å². The SMILES string of the molecule is COC(CC(C)(CN)NCCO)OC. The molecule has 14 heavy (non-hydrogen) atoms. The lowest BCUT2D eigenvalue weighted by Crippen LogP contribution is -2.52. The molecule has 1 unspecified atom stereocenters. The highest BCUT2D eigenvalue weighted by Crippen LogP contribution is 2.13. The van der Waals surface area contributed by atoms with E-state index < -0.39 is 0 Å². The van der Waals surface area contributed by atoms with Crippen molar-refractivity contribution >= 4 is 0 Å². The van der Waals surface area contributed by atoms with E-state index in [1.54, 1.807) is 14.2 Å². The second kappa shape index (κ2) is 7.14. The van der Waals surface area contributed by atoms with Crippen LogP contribution < -0.4 is 11.1 Å². The maximum atomic E-state index is 8.71. The van der Waals surface area contributed by atoms with Gasteiger partial charge in [-0.2, -0.15) is 0 Å². The number of nitrogens with one attached hydrogen (secondary N) is 1. The number of hydrogen-bond donors (Lipinski definition) is 3. The van der Waals surface area contributed by atoms with Crippen LogP contribution in [0.5, 0.6) is 0 Å². The van der Waals surface area contributed by atoms with E-state index in [1.807, 2.05) is 6.92 Å². The van der Waals surface area contributed by atoms with Gasteiger partial charge in [-0.05, 0) is 6.92 Å². The molecule has 0 aromatic heterocycles. The Kier molecular flexibility index (Phi) is 7.04. The number of β-amino-alcohol motifs (C(OH)–C–C–N with tert-alkyl or cyclic N) is 1. The maximum Gasteiger partial charge on any atom is 0.158 e. The Labute approximate surface area is 85.6 Å². The molecule has 0 bridgehead atoms. The van der Waals surface area contributed by atoms with Crippen LogP contribution in [0.4, 0.5) is 0 Å². The Bertz CT molecular complexity index is 142. The molecule has 0 spiro atoms. The summed E-state index contributed by atoms with van der Waals surface area (Å²) >= 11 is 0. The van der Waals surface area contributed by atoms with E-state index in [0.717, 1.165) is 0 Å². The Hall–Kier alpha value is -0.200. The van der Waals surface area contributed by atoms with Gasteiger partial charge in [0.15, 0.2) is 6.29 Å². The topological polar surface area (TPSA) is 76.7 Å². The first-order chi connectivity index (χ1) is 6.61. The summed E-state index contributed by atoms with van der Waals surface area (Å²) in [6.07, 6.45) is 0.381. The second-order valence-electron chi connectivity index (χ2n) is 3.52. The van der Waals surface area contributed by atoms with Crippen molar-refractivity contribution in [1.82, 2.24) is 5.32 Å². The van der Waals surface area contributed by atoms with Crippen LogP contribution in [0, 0.1) is 0 Å². The van der Waals surface area contributed by atoms with Gasteiger partial charge in [0.2, 0.25) is 0 Å². The summed E-state index contributed by atoms with van der Waals surface area (Å²) in [7, 11) is 3.19. The first-order valence-corrected chi connectivity index (χ1v) is 4.73. The summed E-state index contributed by atoms with van der Waals surface area (Å²) in [4.78, 5) is 0. The van der Waals surface area contributed by atoms with Crippen LogP contribution >= 0.6 is 0 Å². The molecule has 1 atom stereocenters. The third kappa shape index (κ3) is 4.88. The van der Waals surface area contributed by atoms with Crippen molar-refractivity contribution in [1.29, 1.82) is 0 Å². The van der Waals surface area contributed by atoms with Crippen molar-refractivity contribution in [3.63, 3.8) is 0 Å². The van der Waals surface area contributed by atoms with Crippen LogP contribution in [0.1, 0.15) is 13.3 Å². The molecule has 0 amide bonds. The van der Waals surface area contributed by atoms with E-state index >= 15 is 0 Å². The van der Waals surface area contributed by atoms with Gasteiger partial charge in [0, 0.05) is 39.3 Å². The predicted molar refractivity (Wildman–Crippen MR) is 55.0 cm³/mol. The average Bonchev–Trinajstić information content (AvgIpc) is 2.23. The summed E-state index contributed by atoms with van der Waals surface area (Å²) in [6, 6.07) is 0. The maximum absolute atomic E-state index is 8.71. The van der Waals surface area contributed by atoms with Gasteiger partial charge >= 0.3 is 0 Å². The number of hydrogen-bond acceptors (Lipinski definition) is 5. The van der Waals surface area contributed by atoms with Gasteiger partial charge in [0.05, 0.1) is 6.61 Å². The molecular formula is C9H22N2O3. The van der Waals surface area contributed by atoms with Gasteiger partial charge < -0.3 is 25.6 Å². The lowest BCUT2D eigenvalue weighted by molar-refractivity contribution is -0.117. The number of aliphatic hydroxyl groups is 1. The molecular weight excluding hydrogens is 184 g/mol. The standard InChI is InChI=1S/C9H22N2O3/c1-9(7-10,11-4-5-12)6-8(13-2)14-3/h8,11-12H,4-7,10H2,1-3H3. The highest BCUT2D eigenvalue weighted by Gasteiger charge is 2.26. The molecule has 0 heterocycles. The fourth-order valence-electron chi connectivity index (χ4n) is 1.22. The van der Waals surface area contributed by atoms with Crippen LogP contribution in [0.25, 0.3) is 0 Å². The van der Waals surface area contributed by atoms with E-state index in [4.69, 9.17) is 20.3 Å². The summed E-state index contributed by atoms with van der Waals surface area (Å²) in [5.41, 5.74) is 5.39. The van der Waals surface area contributed by atoms with Gasteiger partial charge in [0.1, 0.15) is 0 Å². The smallest absolute Gasteiger partial charge is 0.158 e. The fourth-order valence-corrected chi connectivity index (χ4v) is 1.22. The lowest BCUT2D eigenvalue weighted by Gasteiger charge is -2.32. The van der Waals surface area contributed by atoms with Gasteiger partial charge in [0.25, 0.3) is 0 Å². The van der Waals surface area contributed by atoms with Gasteiger partial charge in [-0.25, -0.2) is 0 Å². The van der Waals surface area contributed by atoms with Crippen molar-refractivity contribution < 1.29 is 14.6 Å². The molecule has 0 aliphatic carbocycles. The number of nitrogens with two attached hydrogens (primary N) is 1. The summed E-state index contributed by atoms with van der Waals surface area (Å²) in [5.74, 6) is 0. The summed E-state index contributed by atoms with van der Waals surface area (Å²) in [6.45, 7) is 3.07. The summed E-state index contributed by atoms with van der Waals surface area (Å²) < 4.78 is 10.2. The molecule has 0 fully saturated rings. The van der Waals surface area contributed by atoms with Crippen LogP contribution in [0.15, 0.2) is 0 Å². The Morgan fingerprint density at radius 3 is 2.36 bits per heavy atom. The van der Waals surface area contributed by atoms with Gasteiger partial charge in [-0.3, -0.25) is 0 Å². The molecule has 0 aliphatic heterocycles. The zero-order valence-corrected chi connectivity index (χ0v) is 9.25. The molecule has 0 radical (unpaired) electrons. The quantitative estimate of drug-likeness (QED) is 0.458. The average molecular weight is 206 g/mol. The number of rotatable bonds is 8. The Balaban J connectivity index is 4.07. The minimum Gasteiger partial charge on any atom is -0.395 e. The van der Waals surface area contributed by atoms with Crippen molar-refractivity contribution in [3.8, 4) is 0 Å². The van der Waals surface area contributed by atoms with Crippen molar-refractivity contribution in [3.05, 3.63) is 0 Å². The fraction of sp³-hybridized carbons (Fsp3) is 1.00. The Morgan fingerprint density at radius 1 is 1.43 bits per heavy atom. The molecule has 0 saturated carbocycles. The van der Waals surface area contributed by atoms with E-state index in [0.29, 0.717) is 19.5 Å². The van der Waals surface area contributed by atoms with Gasteiger partial charge in [-0.15, -0.1) is 0 Å². The highest BCUT2D eigenvalue weighted by molar-refractivity contribution is 4.85. The van der Waals surface area contributed by atoms with Crippen LogP contribution in [-0.2, 0) is 9.47 Å². The first kappa shape index (κ1) is 13.8. The van der Waals surface area contributed by atoms with E-state index in [9.17, 15) is 0 Å². The molecule has 0 saturated heterocycles. The van der Waals surface area contributed by atoms with Crippen LogP contribution in [0.2, 0.25) is 0 Å². The molecule has 86 valence electrons. The number of aliphatic hydroxyl groups excluding tert-OH is 1. The highest BCUT2D eigenvalue weighted by atomic mass is 16.7. The first-order valence-electron chi connectivity index (χ1n) is 4.73. The number of ether oxygens (including phenoxy) is 2. The zero-order valence-electron chi connectivity index (χ0n) is 9.25. The third-order valence-corrected chi connectivity index (χ3v) is 2.26. The minimum absolute atomic E-state index is 0.0974. The van der Waals surface area contributed by atoms with Crippen molar-refractivity contribution in [2.75, 3.05) is 33.9 Å². The Morgan fingerprint density at radius 2 is 2.00 bits per heavy atom. The van der Waals surface area contributed by atoms with Crippen LogP contribution in [-0.4, -0.2) is 50.9 Å². The minimum atomic E-state index is -0.269. The molecule has 4 N–H and O–H groups in total. The normalized spacial score (nSPS) is 15.9. The molecule has 0 aliphatic rings. The zero-order chi connectivity index (χ0) is 11.0.